The van der Waals surface area contributed by atoms with Crippen LogP contribution in [0.2, 0.25) is 0 Å². The summed E-state index contributed by atoms with van der Waals surface area (Å²) < 4.78 is 1.10. The molecule has 0 atom stereocenters. The smallest absolute Gasteiger partial charge is 0.339 e. The summed E-state index contributed by atoms with van der Waals surface area (Å²) in [6.45, 7) is 0. The van der Waals surface area contributed by atoms with Crippen molar-refractivity contribution in [3.05, 3.63) is 40.1 Å². The molecule has 3 aromatic heterocycles. The van der Waals surface area contributed by atoms with Gasteiger partial charge >= 0.3 is 11.7 Å². The maximum atomic E-state index is 11.3. The Morgan fingerprint density at radius 2 is 2.26 bits per heavy atom. The quantitative estimate of drug-likeness (QED) is 0.527. The Kier molecular flexibility index (Phi) is 3.29. The highest BCUT2D eigenvalue weighted by atomic mass is 16.6. The Morgan fingerprint density at radius 3 is 2.91 bits per heavy atom. The molecule has 0 radical (unpaired) electrons. The summed E-state index contributed by atoms with van der Waals surface area (Å²) in [6.07, 6.45) is 1.48. The Balaban J connectivity index is 2.34. The van der Waals surface area contributed by atoms with Gasteiger partial charge in [-0.15, -0.1) is 5.10 Å². The average Bonchev–Trinajstić information content (AvgIpc) is 2.97. The van der Waals surface area contributed by atoms with Crippen LogP contribution < -0.4 is 5.32 Å². The molecule has 0 spiro atoms. The maximum absolute atomic E-state index is 11.3. The molecule has 3 aromatic rings. The number of carbonyl (C=O) groups is 1. The molecular formula is C12H9N7O4. The zero-order valence-electron chi connectivity index (χ0n) is 11.7. The van der Waals surface area contributed by atoms with Crippen LogP contribution in [0, 0.1) is 10.1 Å². The van der Waals surface area contributed by atoms with Gasteiger partial charge in [-0.1, -0.05) is 5.21 Å². The van der Waals surface area contributed by atoms with E-state index in [9.17, 15) is 14.9 Å². The number of nitro groups is 1. The number of fused-ring (bicyclic) bond motifs is 1. The van der Waals surface area contributed by atoms with Gasteiger partial charge < -0.3 is 10.4 Å². The number of rotatable bonds is 4. The molecule has 0 amide bonds. The van der Waals surface area contributed by atoms with E-state index in [0.29, 0.717) is 5.52 Å². The standard InChI is InChI=1S/C12H9N7O4/c1-13-9-6(12(20)21)5-8(19(22)23)11(15-9)18-10-7(16-17-18)3-2-4-14-10/h2-5H,1H3,(H,13,15)(H,20,21). The predicted molar refractivity (Wildman–Crippen MR) is 77.6 cm³/mol. The third-order valence-corrected chi connectivity index (χ3v) is 3.06. The molecule has 0 fully saturated rings. The van der Waals surface area contributed by atoms with E-state index >= 15 is 0 Å². The second kappa shape index (κ2) is 5.29. The molecule has 11 nitrogen and oxygen atoms in total. The summed E-state index contributed by atoms with van der Waals surface area (Å²) in [5.41, 5.74) is -0.135. The predicted octanol–water partition coefficient (Wildman–Crippen LogP) is 0.859. The van der Waals surface area contributed by atoms with E-state index in [-0.39, 0.29) is 22.8 Å². The van der Waals surface area contributed by atoms with E-state index in [1.165, 1.54) is 13.2 Å². The second-order valence-electron chi connectivity index (χ2n) is 4.39. The lowest BCUT2D eigenvalue weighted by molar-refractivity contribution is -0.384. The largest absolute Gasteiger partial charge is 0.478 e. The first-order valence-corrected chi connectivity index (χ1v) is 6.30. The average molecular weight is 315 g/mol. The molecule has 0 saturated carbocycles. The van der Waals surface area contributed by atoms with Crippen molar-refractivity contribution in [2.45, 2.75) is 0 Å². The Hall–Kier alpha value is -3.63. The third-order valence-electron chi connectivity index (χ3n) is 3.06. The van der Waals surface area contributed by atoms with Crippen molar-refractivity contribution in [2.75, 3.05) is 12.4 Å². The van der Waals surface area contributed by atoms with E-state index in [1.807, 2.05) is 0 Å². The van der Waals surface area contributed by atoms with Gasteiger partial charge in [0.15, 0.2) is 5.65 Å². The van der Waals surface area contributed by atoms with Gasteiger partial charge in [-0.05, 0) is 12.1 Å². The van der Waals surface area contributed by atoms with E-state index in [4.69, 9.17) is 5.11 Å². The first-order chi connectivity index (χ1) is 11.0. The molecule has 23 heavy (non-hydrogen) atoms. The number of carboxylic acid groups (broad SMARTS) is 1. The molecule has 0 aromatic carbocycles. The van der Waals surface area contributed by atoms with E-state index in [1.54, 1.807) is 12.1 Å². The van der Waals surface area contributed by atoms with Gasteiger partial charge in [-0.25, -0.2) is 14.8 Å². The van der Waals surface area contributed by atoms with E-state index in [0.717, 1.165) is 10.7 Å². The molecule has 0 aliphatic heterocycles. The molecule has 116 valence electrons. The molecule has 0 aliphatic rings. The summed E-state index contributed by atoms with van der Waals surface area (Å²) in [4.78, 5) is 29.9. The minimum Gasteiger partial charge on any atom is -0.478 e. The van der Waals surface area contributed by atoms with Crippen molar-refractivity contribution < 1.29 is 14.8 Å². The molecule has 0 aliphatic carbocycles. The molecule has 0 bridgehead atoms. The van der Waals surface area contributed by atoms with Crippen molar-refractivity contribution >= 4 is 28.6 Å². The highest BCUT2D eigenvalue weighted by Gasteiger charge is 2.26. The first-order valence-electron chi connectivity index (χ1n) is 6.30. The fraction of sp³-hybridized carbons (Fsp3) is 0.0833. The van der Waals surface area contributed by atoms with Crippen LogP contribution in [0.25, 0.3) is 17.0 Å². The first kappa shape index (κ1) is 14.3. The van der Waals surface area contributed by atoms with Crippen LogP contribution in [0.5, 0.6) is 0 Å². The van der Waals surface area contributed by atoms with Crippen LogP contribution in [0.1, 0.15) is 10.4 Å². The van der Waals surface area contributed by atoms with Gasteiger partial charge in [-0.3, -0.25) is 10.1 Å². The van der Waals surface area contributed by atoms with Gasteiger partial charge in [0.1, 0.15) is 16.9 Å². The lowest BCUT2D eigenvalue weighted by atomic mass is 10.2. The fourth-order valence-corrected chi connectivity index (χ4v) is 2.04. The van der Waals surface area contributed by atoms with E-state index in [2.05, 4.69) is 25.6 Å². The van der Waals surface area contributed by atoms with Crippen LogP contribution in [-0.4, -0.2) is 48.0 Å². The number of nitrogens with one attached hydrogen (secondary N) is 1. The SMILES string of the molecule is CNc1nc(-n2nnc3cccnc32)c([N+](=O)[O-])cc1C(=O)O. The number of aromatic carboxylic acids is 1. The number of carboxylic acids is 1. The molecule has 11 heteroatoms. The zero-order valence-corrected chi connectivity index (χ0v) is 11.7. The zero-order chi connectivity index (χ0) is 16.6. The van der Waals surface area contributed by atoms with Crippen LogP contribution in [0.4, 0.5) is 11.5 Å². The van der Waals surface area contributed by atoms with Gasteiger partial charge in [0, 0.05) is 19.3 Å². The van der Waals surface area contributed by atoms with Crippen LogP contribution in [0.15, 0.2) is 24.4 Å². The highest BCUT2D eigenvalue weighted by Crippen LogP contribution is 2.27. The Bertz CT molecular complexity index is 936. The normalized spacial score (nSPS) is 10.7. The summed E-state index contributed by atoms with van der Waals surface area (Å²) >= 11 is 0. The number of hydrogen-bond donors (Lipinski definition) is 2. The second-order valence-corrected chi connectivity index (χ2v) is 4.39. The van der Waals surface area contributed by atoms with Crippen LogP contribution in [-0.2, 0) is 0 Å². The fourth-order valence-electron chi connectivity index (χ4n) is 2.04. The third kappa shape index (κ3) is 2.29. The number of nitrogens with zero attached hydrogens (tertiary/aromatic N) is 6. The maximum Gasteiger partial charge on any atom is 0.339 e. The molecule has 3 heterocycles. The summed E-state index contributed by atoms with van der Waals surface area (Å²) in [7, 11) is 1.46. The number of anilines is 1. The molecular weight excluding hydrogens is 306 g/mol. The summed E-state index contributed by atoms with van der Waals surface area (Å²) in [5, 5.41) is 30.7. The molecule has 3 rings (SSSR count). The molecule has 0 saturated heterocycles. The minimum atomic E-state index is -1.34. The molecule has 0 unspecified atom stereocenters. The number of pyridine rings is 2. The highest BCUT2D eigenvalue weighted by molar-refractivity contribution is 5.94. The van der Waals surface area contributed by atoms with Gasteiger partial charge in [0.25, 0.3) is 0 Å². The van der Waals surface area contributed by atoms with Crippen molar-refractivity contribution in [3.63, 3.8) is 0 Å². The van der Waals surface area contributed by atoms with Gasteiger partial charge in [-0.2, -0.15) is 4.68 Å². The molecule has 2 N–H and O–H groups in total. The lowest BCUT2D eigenvalue weighted by Gasteiger charge is -2.08. The minimum absolute atomic E-state index is 0.0299. The lowest BCUT2D eigenvalue weighted by Crippen LogP contribution is -2.12. The summed E-state index contributed by atoms with van der Waals surface area (Å²) in [5.74, 6) is -1.54. The number of aromatic nitrogens is 5. The van der Waals surface area contributed by atoms with Gasteiger partial charge in [0.2, 0.25) is 5.82 Å². The topological polar surface area (TPSA) is 149 Å². The van der Waals surface area contributed by atoms with Gasteiger partial charge in [0.05, 0.1) is 4.92 Å². The van der Waals surface area contributed by atoms with Crippen LogP contribution >= 0.6 is 0 Å². The van der Waals surface area contributed by atoms with Crippen LogP contribution in [0.3, 0.4) is 0 Å². The van der Waals surface area contributed by atoms with E-state index < -0.39 is 16.6 Å². The Labute approximate surface area is 127 Å². The summed E-state index contributed by atoms with van der Waals surface area (Å²) in [6, 6.07) is 4.21. The number of hydrogen-bond acceptors (Lipinski definition) is 8. The Morgan fingerprint density at radius 1 is 1.48 bits per heavy atom. The van der Waals surface area contributed by atoms with Crippen molar-refractivity contribution in [3.8, 4) is 5.82 Å². The van der Waals surface area contributed by atoms with Crippen molar-refractivity contribution in [1.82, 2.24) is 25.0 Å². The van der Waals surface area contributed by atoms with Crippen molar-refractivity contribution in [1.29, 1.82) is 0 Å². The van der Waals surface area contributed by atoms with Crippen molar-refractivity contribution in [2.24, 2.45) is 0 Å². The monoisotopic (exact) mass is 315 g/mol.